The Bertz CT molecular complexity index is 361. The van der Waals surface area contributed by atoms with Crippen LogP contribution in [-0.4, -0.2) is 31.1 Å². The van der Waals surface area contributed by atoms with Crippen molar-refractivity contribution in [2.45, 2.75) is 18.4 Å². The third kappa shape index (κ3) is 2.39. The molecule has 2 nitrogen and oxygen atoms in total. The predicted molar refractivity (Wildman–Crippen MR) is 59.2 cm³/mol. The first-order valence-electron chi connectivity index (χ1n) is 5.46. The van der Waals surface area contributed by atoms with Gasteiger partial charge in [-0.2, -0.15) is 0 Å². The molecule has 1 fully saturated rings. The fourth-order valence-electron chi connectivity index (χ4n) is 2.27. The minimum absolute atomic E-state index is 0.0163. The molecule has 4 heteroatoms. The maximum absolute atomic E-state index is 13.1. The lowest BCUT2D eigenvalue weighted by Crippen LogP contribution is -2.44. The quantitative estimate of drug-likeness (QED) is 0.790. The van der Waals surface area contributed by atoms with Crippen molar-refractivity contribution in [1.29, 1.82) is 0 Å². The Hall–Kier alpha value is -1.00. The number of likely N-dealkylation sites (tertiary alicyclic amines) is 1. The number of nitrogens with two attached hydrogens (primary N) is 1. The lowest BCUT2D eigenvalue weighted by molar-refractivity contribution is 0.227. The summed E-state index contributed by atoms with van der Waals surface area (Å²) < 4.78 is 26.2. The first kappa shape index (κ1) is 11.5. The van der Waals surface area contributed by atoms with Gasteiger partial charge in [-0.3, -0.25) is 0 Å². The molecule has 1 saturated heterocycles. The molecule has 1 aromatic carbocycles. The Morgan fingerprint density at radius 1 is 1.25 bits per heavy atom. The van der Waals surface area contributed by atoms with E-state index in [-0.39, 0.29) is 12.0 Å². The summed E-state index contributed by atoms with van der Waals surface area (Å²) in [6.07, 6.45) is 0.860. The summed E-state index contributed by atoms with van der Waals surface area (Å²) in [6, 6.07) is 3.64. The predicted octanol–water partition coefficient (Wildman–Crippen LogP) is 1.71. The van der Waals surface area contributed by atoms with E-state index >= 15 is 0 Å². The van der Waals surface area contributed by atoms with E-state index in [9.17, 15) is 8.78 Å². The molecule has 2 unspecified atom stereocenters. The van der Waals surface area contributed by atoms with Crippen molar-refractivity contribution in [2.24, 2.45) is 5.73 Å². The fraction of sp³-hybridized carbons (Fsp3) is 0.500. The zero-order chi connectivity index (χ0) is 11.7. The molecule has 1 aromatic rings. The molecule has 2 N–H and O–H groups in total. The summed E-state index contributed by atoms with van der Waals surface area (Å²) in [5, 5.41) is 0. The zero-order valence-corrected chi connectivity index (χ0v) is 9.29. The maximum atomic E-state index is 13.1. The average Bonchev–Trinajstić information content (AvgIpc) is 2.20. The number of rotatable bonds is 1. The molecule has 0 amide bonds. The number of likely N-dealkylation sites (N-methyl/N-ethyl adjacent to an activating group) is 1. The molecule has 0 saturated carbocycles. The minimum Gasteiger partial charge on any atom is -0.327 e. The van der Waals surface area contributed by atoms with Crippen molar-refractivity contribution < 1.29 is 8.78 Å². The highest BCUT2D eigenvalue weighted by atomic mass is 19.1. The molecule has 0 aliphatic carbocycles. The van der Waals surface area contributed by atoms with Gasteiger partial charge in [0.2, 0.25) is 0 Å². The highest BCUT2D eigenvalue weighted by molar-refractivity contribution is 5.24. The molecule has 0 bridgehead atoms. The summed E-state index contributed by atoms with van der Waals surface area (Å²) in [5.41, 5.74) is 6.67. The van der Waals surface area contributed by atoms with E-state index in [0.717, 1.165) is 25.6 Å². The van der Waals surface area contributed by atoms with Crippen LogP contribution in [0.3, 0.4) is 0 Å². The molecule has 0 radical (unpaired) electrons. The third-order valence-corrected chi connectivity index (χ3v) is 3.18. The lowest BCUT2D eigenvalue weighted by atomic mass is 9.87. The molecule has 1 heterocycles. The van der Waals surface area contributed by atoms with Crippen LogP contribution in [0.1, 0.15) is 17.9 Å². The first-order chi connectivity index (χ1) is 7.56. The van der Waals surface area contributed by atoms with Gasteiger partial charge >= 0.3 is 0 Å². The summed E-state index contributed by atoms with van der Waals surface area (Å²) in [5.74, 6) is -1.05. The van der Waals surface area contributed by atoms with Gasteiger partial charge in [-0.25, -0.2) is 8.78 Å². The molecule has 0 aromatic heterocycles. The highest BCUT2D eigenvalue weighted by Crippen LogP contribution is 2.26. The van der Waals surface area contributed by atoms with Gasteiger partial charge in [0, 0.05) is 24.6 Å². The molecular formula is C12H16F2N2. The minimum atomic E-state index is -0.532. The van der Waals surface area contributed by atoms with E-state index in [4.69, 9.17) is 5.73 Å². The van der Waals surface area contributed by atoms with Crippen LogP contribution in [0.5, 0.6) is 0 Å². The Balaban J connectivity index is 2.27. The Morgan fingerprint density at radius 3 is 2.50 bits per heavy atom. The third-order valence-electron chi connectivity index (χ3n) is 3.18. The second-order valence-electron chi connectivity index (χ2n) is 4.52. The normalized spacial score (nSPS) is 27.0. The summed E-state index contributed by atoms with van der Waals surface area (Å²) in [4.78, 5) is 2.14. The molecule has 16 heavy (non-hydrogen) atoms. The average molecular weight is 226 g/mol. The molecule has 2 atom stereocenters. The zero-order valence-electron chi connectivity index (χ0n) is 9.29. The SMILES string of the molecule is CN1CCC(N)C(c2cc(F)cc(F)c2)C1. The Kier molecular flexibility index (Phi) is 3.21. The number of benzene rings is 1. The van der Waals surface area contributed by atoms with Gasteiger partial charge in [0.1, 0.15) is 11.6 Å². The van der Waals surface area contributed by atoms with Crippen LogP contribution in [0.25, 0.3) is 0 Å². The Morgan fingerprint density at radius 2 is 1.88 bits per heavy atom. The highest BCUT2D eigenvalue weighted by Gasteiger charge is 2.26. The maximum Gasteiger partial charge on any atom is 0.126 e. The molecule has 88 valence electrons. The summed E-state index contributed by atoms with van der Waals surface area (Å²) >= 11 is 0. The molecule has 0 spiro atoms. The van der Waals surface area contributed by atoms with Gasteiger partial charge in [-0.1, -0.05) is 0 Å². The van der Waals surface area contributed by atoms with Gasteiger partial charge < -0.3 is 10.6 Å². The van der Waals surface area contributed by atoms with E-state index in [1.807, 2.05) is 7.05 Å². The van der Waals surface area contributed by atoms with E-state index in [0.29, 0.717) is 5.56 Å². The van der Waals surface area contributed by atoms with E-state index in [1.54, 1.807) is 0 Å². The number of nitrogens with zero attached hydrogens (tertiary/aromatic N) is 1. The van der Waals surface area contributed by atoms with Gasteiger partial charge in [0.25, 0.3) is 0 Å². The van der Waals surface area contributed by atoms with Crippen LogP contribution in [-0.2, 0) is 0 Å². The molecule has 2 rings (SSSR count). The van der Waals surface area contributed by atoms with E-state index in [1.165, 1.54) is 12.1 Å². The van der Waals surface area contributed by atoms with Crippen molar-refractivity contribution in [1.82, 2.24) is 4.90 Å². The number of piperidine rings is 1. The fourth-order valence-corrected chi connectivity index (χ4v) is 2.27. The van der Waals surface area contributed by atoms with Crippen LogP contribution in [0, 0.1) is 11.6 Å². The van der Waals surface area contributed by atoms with Crippen LogP contribution < -0.4 is 5.73 Å². The van der Waals surface area contributed by atoms with Crippen molar-refractivity contribution in [2.75, 3.05) is 20.1 Å². The van der Waals surface area contributed by atoms with Crippen molar-refractivity contribution in [3.63, 3.8) is 0 Å². The molecule has 1 aliphatic heterocycles. The van der Waals surface area contributed by atoms with Gasteiger partial charge in [-0.15, -0.1) is 0 Å². The second-order valence-corrected chi connectivity index (χ2v) is 4.52. The molecular weight excluding hydrogens is 210 g/mol. The van der Waals surface area contributed by atoms with Crippen molar-refractivity contribution in [3.05, 3.63) is 35.4 Å². The molecule has 1 aliphatic rings. The van der Waals surface area contributed by atoms with Crippen LogP contribution >= 0.6 is 0 Å². The Labute approximate surface area is 94.0 Å². The standard InChI is InChI=1S/C12H16F2N2/c1-16-3-2-12(15)11(7-16)8-4-9(13)6-10(14)5-8/h4-6,11-12H,2-3,7,15H2,1H3. The van der Waals surface area contributed by atoms with Gasteiger partial charge in [0.05, 0.1) is 0 Å². The number of hydrogen-bond donors (Lipinski definition) is 1. The summed E-state index contributed by atoms with van der Waals surface area (Å²) in [7, 11) is 1.99. The number of hydrogen-bond acceptors (Lipinski definition) is 2. The topological polar surface area (TPSA) is 29.3 Å². The van der Waals surface area contributed by atoms with E-state index in [2.05, 4.69) is 4.90 Å². The monoisotopic (exact) mass is 226 g/mol. The summed E-state index contributed by atoms with van der Waals surface area (Å²) in [6.45, 7) is 1.69. The van der Waals surface area contributed by atoms with E-state index < -0.39 is 11.6 Å². The second kappa shape index (κ2) is 4.47. The van der Waals surface area contributed by atoms with Crippen molar-refractivity contribution >= 4 is 0 Å². The largest absolute Gasteiger partial charge is 0.327 e. The first-order valence-corrected chi connectivity index (χ1v) is 5.46. The lowest BCUT2D eigenvalue weighted by Gasteiger charge is -2.35. The van der Waals surface area contributed by atoms with Crippen LogP contribution in [0.2, 0.25) is 0 Å². The number of halogens is 2. The van der Waals surface area contributed by atoms with Gasteiger partial charge in [0.15, 0.2) is 0 Å². The van der Waals surface area contributed by atoms with Crippen molar-refractivity contribution in [3.8, 4) is 0 Å². The van der Waals surface area contributed by atoms with Gasteiger partial charge in [-0.05, 0) is 37.7 Å². The van der Waals surface area contributed by atoms with Crippen LogP contribution in [0.4, 0.5) is 8.78 Å². The smallest absolute Gasteiger partial charge is 0.126 e. The van der Waals surface area contributed by atoms with Crippen LogP contribution in [0.15, 0.2) is 18.2 Å².